The standard InChI is InChI=1S/C10H19N3O3.Na/c1-2-9(14)13-8-7-12-6-5-11-4-3-10(15)16;/h2,11-12H,1,3-8H2,(H,13,14)(H,15,16);/q;+1/p-1. The van der Waals surface area contributed by atoms with Crippen molar-refractivity contribution >= 4 is 11.9 Å². The minimum Gasteiger partial charge on any atom is -0.859 e. The van der Waals surface area contributed by atoms with Crippen molar-refractivity contribution in [3.63, 3.8) is 0 Å². The number of nitrogens with one attached hydrogen (secondary N) is 2. The zero-order valence-corrected chi connectivity index (χ0v) is 12.2. The second-order valence-electron chi connectivity index (χ2n) is 3.07. The molecule has 92 valence electrons. The summed E-state index contributed by atoms with van der Waals surface area (Å²) in [6.07, 6.45) is 1.30. The summed E-state index contributed by atoms with van der Waals surface area (Å²) in [6, 6.07) is 0. The van der Waals surface area contributed by atoms with E-state index in [1.165, 1.54) is 6.08 Å². The third-order valence-electron chi connectivity index (χ3n) is 1.73. The van der Waals surface area contributed by atoms with E-state index in [0.717, 1.165) is 6.54 Å². The predicted octanol–water partition coefficient (Wildman–Crippen LogP) is -4.41. The van der Waals surface area contributed by atoms with E-state index in [2.05, 4.69) is 22.2 Å². The van der Waals surface area contributed by atoms with Crippen LogP contribution in [0.15, 0.2) is 17.6 Å². The van der Waals surface area contributed by atoms with Gasteiger partial charge in [0, 0.05) is 26.2 Å². The summed E-state index contributed by atoms with van der Waals surface area (Å²) < 4.78 is 0. The minimum absolute atomic E-state index is 0. The molecule has 0 aliphatic carbocycles. The Morgan fingerprint density at radius 3 is 2.41 bits per heavy atom. The molecule has 17 heavy (non-hydrogen) atoms. The average molecular weight is 251 g/mol. The van der Waals surface area contributed by atoms with Crippen molar-refractivity contribution in [3.8, 4) is 0 Å². The van der Waals surface area contributed by atoms with E-state index in [1.54, 1.807) is 0 Å². The molecule has 0 heterocycles. The van der Waals surface area contributed by atoms with E-state index in [1.807, 2.05) is 0 Å². The van der Waals surface area contributed by atoms with Crippen LogP contribution in [0, 0.1) is 0 Å². The van der Waals surface area contributed by atoms with Crippen LogP contribution in [0.4, 0.5) is 0 Å². The molecule has 6 nitrogen and oxygen atoms in total. The van der Waals surface area contributed by atoms with Crippen LogP contribution in [0.1, 0.15) is 6.42 Å². The summed E-state index contributed by atoms with van der Waals surface area (Å²) in [4.78, 5) is 13.8. The predicted molar refractivity (Wildman–Crippen MR) is 60.5 cm³/mol. The van der Waals surface area contributed by atoms with Crippen LogP contribution in [0.5, 0.6) is 0 Å². The monoisotopic (exact) mass is 251 g/mol. The van der Waals surface area contributed by atoms with Crippen LogP contribution in [0.3, 0.4) is 0 Å². The number of carboxylic acid groups (broad SMARTS) is 1. The second kappa shape index (κ2) is 13.7. The summed E-state index contributed by atoms with van der Waals surface area (Å²) in [5.41, 5.74) is 0. The van der Waals surface area contributed by atoms with E-state index >= 15 is 0 Å². The fourth-order valence-corrected chi connectivity index (χ4v) is 0.932. The number of rotatable bonds is 10. The van der Waals surface area contributed by atoms with E-state index in [4.69, 9.17) is 5.11 Å². The fourth-order valence-electron chi connectivity index (χ4n) is 0.932. The number of carboxylic acids is 1. The molecule has 0 aliphatic heterocycles. The van der Waals surface area contributed by atoms with Gasteiger partial charge in [-0.25, -0.2) is 0 Å². The van der Waals surface area contributed by atoms with Crippen molar-refractivity contribution in [2.75, 3.05) is 32.7 Å². The maximum absolute atomic E-state index is 10.7. The average Bonchev–Trinajstić information content (AvgIpc) is 2.26. The molecular formula is C10H18N3NaO3. The maximum atomic E-state index is 10.7. The maximum Gasteiger partial charge on any atom is 1.00 e. The van der Waals surface area contributed by atoms with Crippen LogP contribution in [-0.2, 0) is 4.79 Å². The Hall–Kier alpha value is -0.400. The number of aliphatic imine (C=N–C) groups is 1. The van der Waals surface area contributed by atoms with Crippen molar-refractivity contribution in [2.24, 2.45) is 4.99 Å². The number of carbonyl (C=O) groups is 1. The third-order valence-corrected chi connectivity index (χ3v) is 1.73. The zero-order chi connectivity index (χ0) is 12.2. The van der Waals surface area contributed by atoms with E-state index < -0.39 is 5.97 Å². The summed E-state index contributed by atoms with van der Waals surface area (Å²) in [5.74, 6) is -1.11. The van der Waals surface area contributed by atoms with Crippen molar-refractivity contribution in [3.05, 3.63) is 12.7 Å². The molecule has 0 amide bonds. The van der Waals surface area contributed by atoms with Gasteiger partial charge in [-0.05, 0) is 5.90 Å². The molecule has 0 aromatic rings. The molecule has 0 aromatic carbocycles. The Kier molecular flexibility index (Phi) is 15.2. The molecule has 0 saturated carbocycles. The molecule has 0 atom stereocenters. The fraction of sp³-hybridized carbons (Fsp3) is 0.600. The van der Waals surface area contributed by atoms with Gasteiger partial charge < -0.3 is 20.8 Å². The van der Waals surface area contributed by atoms with Gasteiger partial charge in [0.2, 0.25) is 0 Å². The number of aliphatic carboxylic acids is 1. The summed E-state index contributed by atoms with van der Waals surface area (Å²) >= 11 is 0. The van der Waals surface area contributed by atoms with Crippen LogP contribution < -0.4 is 45.3 Å². The van der Waals surface area contributed by atoms with E-state index in [-0.39, 0.29) is 41.9 Å². The van der Waals surface area contributed by atoms with Gasteiger partial charge in [0.1, 0.15) is 0 Å². The van der Waals surface area contributed by atoms with Crippen LogP contribution in [0.25, 0.3) is 0 Å². The van der Waals surface area contributed by atoms with Crippen molar-refractivity contribution in [1.29, 1.82) is 0 Å². The Balaban J connectivity index is 0. The Morgan fingerprint density at radius 2 is 1.88 bits per heavy atom. The summed E-state index contributed by atoms with van der Waals surface area (Å²) in [5, 5.41) is 25.1. The molecule has 0 aromatic heterocycles. The van der Waals surface area contributed by atoms with Gasteiger partial charge in [-0.15, -0.1) is 0 Å². The quantitative estimate of drug-likeness (QED) is 0.158. The first-order valence-electron chi connectivity index (χ1n) is 5.14. The first kappa shape index (κ1) is 19.0. The Bertz CT molecular complexity index is 247. The molecule has 0 saturated heterocycles. The molecule has 0 rings (SSSR count). The third kappa shape index (κ3) is 15.6. The van der Waals surface area contributed by atoms with Gasteiger partial charge in [-0.3, -0.25) is 9.79 Å². The van der Waals surface area contributed by atoms with Gasteiger partial charge in [-0.1, -0.05) is 12.7 Å². The molecule has 3 N–H and O–H groups in total. The van der Waals surface area contributed by atoms with Crippen molar-refractivity contribution in [2.45, 2.75) is 6.42 Å². The Morgan fingerprint density at radius 1 is 1.29 bits per heavy atom. The SMILES string of the molecule is C=CC([O-])=NCCNCCNCCC(=O)O.[Na+]. The topological polar surface area (TPSA) is 96.8 Å². The minimum atomic E-state index is -0.804. The zero-order valence-electron chi connectivity index (χ0n) is 10.2. The normalized spacial score (nSPS) is 10.7. The van der Waals surface area contributed by atoms with Crippen molar-refractivity contribution in [1.82, 2.24) is 10.6 Å². The molecule has 0 aliphatic rings. The van der Waals surface area contributed by atoms with Crippen molar-refractivity contribution < 1.29 is 44.6 Å². The Labute approximate surface area is 123 Å². The molecule has 0 unspecified atom stereocenters. The van der Waals surface area contributed by atoms with Gasteiger partial charge >= 0.3 is 35.5 Å². The molecule has 0 spiro atoms. The van der Waals surface area contributed by atoms with E-state index in [0.29, 0.717) is 26.2 Å². The smallest absolute Gasteiger partial charge is 0.859 e. The van der Waals surface area contributed by atoms with Gasteiger partial charge in [0.05, 0.1) is 13.0 Å². The second-order valence-corrected chi connectivity index (χ2v) is 3.07. The molecule has 0 bridgehead atoms. The van der Waals surface area contributed by atoms with Gasteiger partial charge in [-0.2, -0.15) is 0 Å². The first-order valence-corrected chi connectivity index (χ1v) is 5.14. The molecular weight excluding hydrogens is 233 g/mol. The summed E-state index contributed by atoms with van der Waals surface area (Å²) in [6.45, 7) is 6.24. The van der Waals surface area contributed by atoms with Crippen LogP contribution in [-0.4, -0.2) is 49.7 Å². The van der Waals surface area contributed by atoms with Crippen LogP contribution in [0.2, 0.25) is 0 Å². The number of nitrogens with zero attached hydrogens (tertiary/aromatic N) is 1. The summed E-state index contributed by atoms with van der Waals surface area (Å²) in [7, 11) is 0. The van der Waals surface area contributed by atoms with E-state index in [9.17, 15) is 9.90 Å². The first-order chi connectivity index (χ1) is 7.66. The number of hydrogen-bond acceptors (Lipinski definition) is 5. The molecule has 7 heteroatoms. The number of hydrogen-bond donors (Lipinski definition) is 3. The largest absolute Gasteiger partial charge is 1.00 e. The van der Waals surface area contributed by atoms with Gasteiger partial charge in [0.25, 0.3) is 0 Å². The van der Waals surface area contributed by atoms with Crippen LogP contribution >= 0.6 is 0 Å². The molecule has 0 radical (unpaired) electrons. The molecule has 0 fully saturated rings. The van der Waals surface area contributed by atoms with Gasteiger partial charge in [0.15, 0.2) is 0 Å².